The van der Waals surface area contributed by atoms with Gasteiger partial charge in [-0.05, 0) is 42.8 Å². The van der Waals surface area contributed by atoms with Crippen LogP contribution in [0.25, 0.3) is 0 Å². The minimum atomic E-state index is -3.91. The van der Waals surface area contributed by atoms with E-state index in [2.05, 4.69) is 4.72 Å². The number of anilines is 2. The largest absolute Gasteiger partial charge is 0.497 e. The molecular weight excluding hydrogens is 384 g/mol. The second kappa shape index (κ2) is 7.51. The Morgan fingerprint density at radius 1 is 0.964 bits per heavy atom. The number of hydrogen-bond donors (Lipinski definition) is 1. The van der Waals surface area contributed by atoms with Gasteiger partial charge in [0.05, 0.1) is 30.5 Å². The zero-order chi connectivity index (χ0) is 20.5. The normalized spacial score (nSPS) is 14.3. The van der Waals surface area contributed by atoms with E-state index in [4.69, 9.17) is 9.47 Å². The smallest absolute Gasteiger partial charge is 0.262 e. The third-order valence-corrected chi connectivity index (χ3v) is 5.79. The van der Waals surface area contributed by atoms with Crippen LogP contribution >= 0.6 is 0 Å². The van der Waals surface area contributed by atoms with Crippen LogP contribution in [0.15, 0.2) is 41.3 Å². The molecule has 0 spiro atoms. The van der Waals surface area contributed by atoms with Gasteiger partial charge in [-0.1, -0.05) is 0 Å². The highest BCUT2D eigenvalue weighted by molar-refractivity contribution is 7.92. The number of ether oxygens (including phenoxy) is 2. The summed E-state index contributed by atoms with van der Waals surface area (Å²) < 4.78 is 38.4. The summed E-state index contributed by atoms with van der Waals surface area (Å²) in [6, 6.07) is 8.97. The van der Waals surface area contributed by atoms with Gasteiger partial charge in [-0.3, -0.25) is 19.2 Å². The Labute approximate surface area is 163 Å². The van der Waals surface area contributed by atoms with Gasteiger partial charge in [0, 0.05) is 18.9 Å². The average molecular weight is 404 g/mol. The Bertz CT molecular complexity index is 1030. The van der Waals surface area contributed by atoms with Gasteiger partial charge in [0.15, 0.2) is 0 Å². The molecule has 28 heavy (non-hydrogen) atoms. The highest BCUT2D eigenvalue weighted by Crippen LogP contribution is 2.32. The fraction of sp³-hybridized carbons (Fsp3) is 0.263. The van der Waals surface area contributed by atoms with Gasteiger partial charge in [-0.15, -0.1) is 0 Å². The molecule has 2 aromatic rings. The fourth-order valence-corrected chi connectivity index (χ4v) is 4.13. The number of imide groups is 1. The predicted molar refractivity (Wildman–Crippen MR) is 103 cm³/mol. The molecule has 1 aliphatic rings. The molecule has 1 saturated heterocycles. The van der Waals surface area contributed by atoms with E-state index in [1.165, 1.54) is 38.5 Å². The molecule has 0 aromatic heterocycles. The van der Waals surface area contributed by atoms with Gasteiger partial charge in [-0.2, -0.15) is 0 Å². The van der Waals surface area contributed by atoms with Crippen molar-refractivity contribution in [3.05, 3.63) is 42.0 Å². The third-order valence-electron chi connectivity index (χ3n) is 4.42. The summed E-state index contributed by atoms with van der Waals surface area (Å²) in [4.78, 5) is 25.0. The molecule has 0 unspecified atom stereocenters. The minimum Gasteiger partial charge on any atom is -0.497 e. The van der Waals surface area contributed by atoms with Crippen LogP contribution in [0.5, 0.6) is 11.5 Å². The molecule has 1 heterocycles. The monoisotopic (exact) mass is 404 g/mol. The first-order valence-electron chi connectivity index (χ1n) is 8.48. The molecule has 2 aromatic carbocycles. The molecule has 0 aliphatic carbocycles. The molecule has 1 fully saturated rings. The predicted octanol–water partition coefficient (Wildman–Crippen LogP) is 2.47. The SMILES string of the molecule is COc1ccc(NS(=O)(=O)c2ccc(N3C(=O)CCC3=O)c(C)c2)c(OC)c1. The molecule has 1 N–H and O–H groups in total. The maximum Gasteiger partial charge on any atom is 0.262 e. The number of carbonyl (C=O) groups is 2. The Morgan fingerprint density at radius 2 is 1.64 bits per heavy atom. The molecule has 2 amide bonds. The highest BCUT2D eigenvalue weighted by atomic mass is 32.2. The summed E-state index contributed by atoms with van der Waals surface area (Å²) in [5.41, 5.74) is 1.16. The first kappa shape index (κ1) is 19.7. The van der Waals surface area contributed by atoms with Gasteiger partial charge in [0.1, 0.15) is 11.5 Å². The summed E-state index contributed by atoms with van der Waals surface area (Å²) in [6.07, 6.45) is 0.328. The van der Waals surface area contributed by atoms with Crippen LogP contribution in [0.1, 0.15) is 18.4 Å². The van der Waals surface area contributed by atoms with E-state index in [9.17, 15) is 18.0 Å². The van der Waals surface area contributed by atoms with Gasteiger partial charge in [-0.25, -0.2) is 8.42 Å². The fourth-order valence-electron chi connectivity index (χ4n) is 2.98. The van der Waals surface area contributed by atoms with Crippen molar-refractivity contribution >= 4 is 33.2 Å². The van der Waals surface area contributed by atoms with Crippen molar-refractivity contribution in [2.24, 2.45) is 0 Å². The van der Waals surface area contributed by atoms with Gasteiger partial charge < -0.3 is 9.47 Å². The van der Waals surface area contributed by atoms with E-state index in [1.807, 2.05) is 0 Å². The molecule has 0 atom stereocenters. The standard InChI is InChI=1S/C19H20N2O6S/c1-12-10-14(5-7-16(12)21-18(22)8-9-19(21)23)28(24,25)20-15-6-4-13(26-2)11-17(15)27-3/h4-7,10-11,20H,8-9H2,1-3H3. The number of benzene rings is 2. The maximum absolute atomic E-state index is 12.8. The van der Waals surface area contributed by atoms with Gasteiger partial charge in [0.2, 0.25) is 11.8 Å². The van der Waals surface area contributed by atoms with E-state index < -0.39 is 10.0 Å². The number of rotatable bonds is 6. The van der Waals surface area contributed by atoms with Crippen molar-refractivity contribution in [2.45, 2.75) is 24.7 Å². The number of methoxy groups -OCH3 is 2. The van der Waals surface area contributed by atoms with Crippen LogP contribution in [0.2, 0.25) is 0 Å². The molecule has 8 nitrogen and oxygen atoms in total. The van der Waals surface area contributed by atoms with Crippen LogP contribution in [-0.2, 0) is 19.6 Å². The summed E-state index contributed by atoms with van der Waals surface area (Å²) in [7, 11) is -0.990. The number of amides is 2. The molecule has 9 heteroatoms. The molecule has 1 aliphatic heterocycles. The summed E-state index contributed by atoms with van der Waals surface area (Å²) in [5, 5.41) is 0. The zero-order valence-corrected chi connectivity index (χ0v) is 16.5. The Morgan fingerprint density at radius 3 is 2.21 bits per heavy atom. The van der Waals surface area contributed by atoms with Crippen molar-refractivity contribution in [2.75, 3.05) is 23.8 Å². The topological polar surface area (TPSA) is 102 Å². The second-order valence-electron chi connectivity index (χ2n) is 6.24. The van der Waals surface area contributed by atoms with Crippen molar-refractivity contribution in [3.8, 4) is 11.5 Å². The molecule has 0 radical (unpaired) electrons. The lowest BCUT2D eigenvalue weighted by Crippen LogP contribution is -2.29. The lowest BCUT2D eigenvalue weighted by Gasteiger charge is -2.18. The van der Waals surface area contributed by atoms with Crippen molar-refractivity contribution in [3.63, 3.8) is 0 Å². The summed E-state index contributed by atoms with van der Waals surface area (Å²) in [5.74, 6) is 0.263. The Hall–Kier alpha value is -3.07. The number of nitrogens with zero attached hydrogens (tertiary/aromatic N) is 1. The first-order chi connectivity index (χ1) is 13.3. The summed E-state index contributed by atoms with van der Waals surface area (Å²) >= 11 is 0. The van der Waals surface area contributed by atoms with E-state index in [0.717, 1.165) is 4.90 Å². The molecule has 0 bridgehead atoms. The van der Waals surface area contributed by atoms with Crippen molar-refractivity contribution in [1.82, 2.24) is 0 Å². The molecule has 148 valence electrons. The van der Waals surface area contributed by atoms with Crippen LogP contribution in [0, 0.1) is 6.92 Å². The van der Waals surface area contributed by atoms with Crippen molar-refractivity contribution < 1.29 is 27.5 Å². The van der Waals surface area contributed by atoms with Crippen LogP contribution in [0.4, 0.5) is 11.4 Å². The molecular formula is C19H20N2O6S. The zero-order valence-electron chi connectivity index (χ0n) is 15.7. The third kappa shape index (κ3) is 3.65. The van der Waals surface area contributed by atoms with E-state index in [-0.39, 0.29) is 35.2 Å². The molecule has 0 saturated carbocycles. The van der Waals surface area contributed by atoms with Crippen molar-refractivity contribution in [1.29, 1.82) is 0 Å². The van der Waals surface area contributed by atoms with Crippen LogP contribution < -0.4 is 19.1 Å². The van der Waals surface area contributed by atoms with Gasteiger partial charge in [0.25, 0.3) is 10.0 Å². The highest BCUT2D eigenvalue weighted by Gasteiger charge is 2.31. The number of sulfonamides is 1. The second-order valence-corrected chi connectivity index (χ2v) is 7.93. The van der Waals surface area contributed by atoms with Crippen LogP contribution in [0.3, 0.4) is 0 Å². The maximum atomic E-state index is 12.8. The number of hydrogen-bond acceptors (Lipinski definition) is 6. The Balaban J connectivity index is 1.92. The van der Waals surface area contributed by atoms with E-state index in [1.54, 1.807) is 19.1 Å². The lowest BCUT2D eigenvalue weighted by atomic mass is 10.2. The van der Waals surface area contributed by atoms with Gasteiger partial charge >= 0.3 is 0 Å². The average Bonchev–Trinajstić information content (AvgIpc) is 3.00. The quantitative estimate of drug-likeness (QED) is 0.742. The number of carbonyl (C=O) groups excluding carboxylic acids is 2. The number of nitrogens with one attached hydrogen (secondary N) is 1. The first-order valence-corrected chi connectivity index (χ1v) is 9.96. The minimum absolute atomic E-state index is 0.00529. The van der Waals surface area contributed by atoms with E-state index in [0.29, 0.717) is 22.7 Å². The molecule has 3 rings (SSSR count). The van der Waals surface area contributed by atoms with E-state index >= 15 is 0 Å². The van der Waals surface area contributed by atoms with Crippen LogP contribution in [-0.4, -0.2) is 34.5 Å². The summed E-state index contributed by atoms with van der Waals surface area (Å²) in [6.45, 7) is 1.65. The Kier molecular flexibility index (Phi) is 5.28. The number of aryl methyl sites for hydroxylation is 1. The lowest BCUT2D eigenvalue weighted by molar-refractivity contribution is -0.121.